The molecule has 0 bridgehead atoms. The van der Waals surface area contributed by atoms with Gasteiger partial charge in [-0.05, 0) is 55.7 Å². The Hall–Kier alpha value is -4.27. The summed E-state index contributed by atoms with van der Waals surface area (Å²) < 4.78 is 23.3. The summed E-state index contributed by atoms with van der Waals surface area (Å²) in [6, 6.07) is 17.0. The van der Waals surface area contributed by atoms with Crippen LogP contribution in [-0.2, 0) is 15.7 Å². The van der Waals surface area contributed by atoms with E-state index in [9.17, 15) is 10.2 Å². The lowest BCUT2D eigenvalue weighted by molar-refractivity contribution is 0.124. The van der Waals surface area contributed by atoms with Gasteiger partial charge in [0.05, 0.1) is 18.1 Å². The number of nitrogens with zero attached hydrogens (tertiary/aromatic N) is 2. The molecule has 2 aliphatic rings. The summed E-state index contributed by atoms with van der Waals surface area (Å²) in [6.07, 6.45) is 5.99. The van der Waals surface area contributed by atoms with Crippen LogP contribution in [0.2, 0.25) is 0 Å². The topological polar surface area (TPSA) is 93.5 Å². The third-order valence-corrected chi connectivity index (χ3v) is 5.87. The summed E-state index contributed by atoms with van der Waals surface area (Å²) in [4.78, 5) is 5.72. The van der Waals surface area contributed by atoms with Crippen molar-refractivity contribution in [2.24, 2.45) is 0 Å². The first-order valence-corrected chi connectivity index (χ1v) is 11.3. The minimum Gasteiger partial charge on any atom is -0.494 e. The molecule has 1 aromatic heterocycles. The van der Waals surface area contributed by atoms with E-state index in [0.29, 0.717) is 11.2 Å². The SMILES string of the molecule is Cc1ncccc1Oc1cccc2c1CC[C@H]2Oc1ccc(B2OC(O)=CN(C)/C=C(/O)O2)cc1. The molecule has 0 fully saturated rings. The van der Waals surface area contributed by atoms with Crippen molar-refractivity contribution in [1.29, 1.82) is 0 Å². The van der Waals surface area contributed by atoms with Crippen molar-refractivity contribution in [3.8, 4) is 17.2 Å². The molecule has 0 amide bonds. The van der Waals surface area contributed by atoms with Crippen molar-refractivity contribution in [2.45, 2.75) is 25.9 Å². The van der Waals surface area contributed by atoms with Gasteiger partial charge in [-0.2, -0.15) is 0 Å². The average molecular weight is 472 g/mol. The Labute approximate surface area is 203 Å². The van der Waals surface area contributed by atoms with E-state index in [1.165, 1.54) is 17.3 Å². The highest BCUT2D eigenvalue weighted by Crippen LogP contribution is 2.41. The van der Waals surface area contributed by atoms with E-state index < -0.39 is 7.12 Å². The molecule has 0 saturated heterocycles. The fraction of sp³-hybridized carbons (Fsp3) is 0.192. The summed E-state index contributed by atoms with van der Waals surface area (Å²) in [5, 5.41) is 19.9. The summed E-state index contributed by atoms with van der Waals surface area (Å²) >= 11 is 0. The molecule has 0 radical (unpaired) electrons. The number of aliphatic hydroxyl groups is 2. The zero-order valence-electron chi connectivity index (χ0n) is 19.4. The minimum absolute atomic E-state index is 0.0993. The van der Waals surface area contributed by atoms with Gasteiger partial charge in [0.15, 0.2) is 0 Å². The van der Waals surface area contributed by atoms with Crippen LogP contribution in [0.4, 0.5) is 0 Å². The first kappa shape index (κ1) is 22.5. The molecule has 2 heterocycles. The first-order chi connectivity index (χ1) is 17.0. The van der Waals surface area contributed by atoms with E-state index in [4.69, 9.17) is 18.8 Å². The fourth-order valence-corrected chi connectivity index (χ4v) is 4.19. The van der Waals surface area contributed by atoms with Crippen molar-refractivity contribution >= 4 is 12.6 Å². The van der Waals surface area contributed by atoms with Gasteiger partial charge in [-0.1, -0.05) is 24.3 Å². The Bertz CT molecular complexity index is 1260. The minimum atomic E-state index is -1.01. The molecule has 1 aliphatic carbocycles. The third-order valence-electron chi connectivity index (χ3n) is 5.87. The third kappa shape index (κ3) is 4.99. The van der Waals surface area contributed by atoms with E-state index >= 15 is 0 Å². The lowest BCUT2D eigenvalue weighted by Gasteiger charge is -2.20. The molecule has 5 rings (SSSR count). The van der Waals surface area contributed by atoms with Crippen LogP contribution in [0.3, 0.4) is 0 Å². The van der Waals surface area contributed by atoms with Gasteiger partial charge in [0.2, 0.25) is 0 Å². The second-order valence-corrected chi connectivity index (χ2v) is 8.39. The number of benzene rings is 2. The maximum atomic E-state index is 9.94. The standard InChI is InChI=1S/C26H25BN2O6/c1-17-22(7-4-14-28-17)33-23-6-3-5-20-21(23)12-13-24(20)32-19-10-8-18(9-11-19)27-34-25(30)15-29(2)16-26(31)35-27/h3-11,14-16,24,30-31H,12-13H2,1-2H3/b25-15-,26-16?/t24-/m1/s1. The van der Waals surface area contributed by atoms with Gasteiger partial charge >= 0.3 is 7.12 Å². The number of fused-ring (bicyclic) bond motifs is 1. The molecule has 9 heteroatoms. The van der Waals surface area contributed by atoms with Gasteiger partial charge in [0.1, 0.15) is 23.4 Å². The van der Waals surface area contributed by atoms with E-state index in [-0.39, 0.29) is 18.0 Å². The number of aryl methyl sites for hydroxylation is 1. The molecule has 35 heavy (non-hydrogen) atoms. The highest BCUT2D eigenvalue weighted by atomic mass is 16.7. The highest BCUT2D eigenvalue weighted by Gasteiger charge is 2.31. The summed E-state index contributed by atoms with van der Waals surface area (Å²) in [6.45, 7) is 1.93. The number of pyridine rings is 1. The Balaban J connectivity index is 1.30. The lowest BCUT2D eigenvalue weighted by Crippen LogP contribution is -2.37. The van der Waals surface area contributed by atoms with Crippen LogP contribution < -0.4 is 14.9 Å². The molecular formula is C26H25BN2O6. The molecule has 0 spiro atoms. The van der Waals surface area contributed by atoms with Gasteiger partial charge in [-0.15, -0.1) is 0 Å². The van der Waals surface area contributed by atoms with Crippen LogP contribution in [0.5, 0.6) is 17.2 Å². The van der Waals surface area contributed by atoms with Gasteiger partial charge in [0.25, 0.3) is 11.9 Å². The monoisotopic (exact) mass is 472 g/mol. The molecule has 178 valence electrons. The Morgan fingerprint density at radius 1 is 0.971 bits per heavy atom. The zero-order valence-corrected chi connectivity index (χ0v) is 19.4. The summed E-state index contributed by atoms with van der Waals surface area (Å²) in [5.74, 6) is 1.59. The summed E-state index contributed by atoms with van der Waals surface area (Å²) in [5.41, 5.74) is 3.70. The van der Waals surface area contributed by atoms with Gasteiger partial charge in [-0.3, -0.25) is 4.98 Å². The van der Waals surface area contributed by atoms with Gasteiger partial charge in [0, 0.05) is 24.3 Å². The van der Waals surface area contributed by atoms with Crippen LogP contribution in [0.15, 0.2) is 85.1 Å². The maximum absolute atomic E-state index is 9.94. The highest BCUT2D eigenvalue weighted by molar-refractivity contribution is 6.61. The van der Waals surface area contributed by atoms with E-state index in [1.807, 2.05) is 43.3 Å². The summed E-state index contributed by atoms with van der Waals surface area (Å²) in [7, 11) is 0.620. The normalized spacial score (nSPS) is 18.7. The van der Waals surface area contributed by atoms with Crippen molar-refractivity contribution < 1.29 is 29.0 Å². The van der Waals surface area contributed by atoms with Crippen molar-refractivity contribution in [1.82, 2.24) is 9.88 Å². The second-order valence-electron chi connectivity index (χ2n) is 8.39. The second kappa shape index (κ2) is 9.54. The van der Waals surface area contributed by atoms with Crippen LogP contribution >= 0.6 is 0 Å². The van der Waals surface area contributed by atoms with Crippen molar-refractivity contribution in [3.63, 3.8) is 0 Å². The molecule has 0 saturated carbocycles. The number of rotatable bonds is 5. The lowest BCUT2D eigenvalue weighted by atomic mass is 9.79. The van der Waals surface area contributed by atoms with Crippen LogP contribution in [0.1, 0.15) is 29.3 Å². The molecule has 3 aromatic rings. The Kier molecular flexibility index (Phi) is 6.14. The number of aliphatic hydroxyl groups excluding tert-OH is 2. The quantitative estimate of drug-likeness (QED) is 0.519. The smallest absolute Gasteiger partial charge is 0.494 e. The van der Waals surface area contributed by atoms with E-state index in [0.717, 1.165) is 41.2 Å². The van der Waals surface area contributed by atoms with E-state index in [2.05, 4.69) is 11.1 Å². The predicted octanol–water partition coefficient (Wildman–Crippen LogP) is 4.64. The predicted molar refractivity (Wildman–Crippen MR) is 130 cm³/mol. The number of hydrogen-bond acceptors (Lipinski definition) is 8. The first-order valence-electron chi connectivity index (χ1n) is 11.3. The number of aromatic nitrogens is 1. The largest absolute Gasteiger partial charge is 0.636 e. The maximum Gasteiger partial charge on any atom is 0.636 e. The molecule has 1 aliphatic heterocycles. The van der Waals surface area contributed by atoms with Crippen LogP contribution in [0, 0.1) is 6.92 Å². The van der Waals surface area contributed by atoms with Gasteiger partial charge < -0.3 is 33.9 Å². The molecule has 0 unspecified atom stereocenters. The average Bonchev–Trinajstić information content (AvgIpc) is 3.23. The van der Waals surface area contributed by atoms with E-state index in [1.54, 1.807) is 25.4 Å². The fourth-order valence-electron chi connectivity index (χ4n) is 4.19. The Morgan fingerprint density at radius 3 is 2.40 bits per heavy atom. The molecule has 8 nitrogen and oxygen atoms in total. The number of hydrogen-bond donors (Lipinski definition) is 2. The Morgan fingerprint density at radius 2 is 1.69 bits per heavy atom. The molecule has 2 aromatic carbocycles. The molecular weight excluding hydrogens is 447 g/mol. The zero-order chi connectivity index (χ0) is 24.4. The number of ether oxygens (including phenoxy) is 2. The van der Waals surface area contributed by atoms with Crippen molar-refractivity contribution in [2.75, 3.05) is 7.05 Å². The van der Waals surface area contributed by atoms with Crippen LogP contribution in [0.25, 0.3) is 0 Å². The van der Waals surface area contributed by atoms with Crippen molar-refractivity contribution in [3.05, 3.63) is 102 Å². The molecule has 2 N–H and O–H groups in total. The van der Waals surface area contributed by atoms with Gasteiger partial charge in [-0.25, -0.2) is 0 Å². The van der Waals surface area contributed by atoms with Crippen LogP contribution in [-0.4, -0.2) is 34.3 Å². The molecule has 1 atom stereocenters.